The summed E-state index contributed by atoms with van der Waals surface area (Å²) in [4.78, 5) is 4.29. The first-order valence-electron chi connectivity index (χ1n) is 5.64. The molecule has 0 fully saturated rings. The van der Waals surface area contributed by atoms with E-state index in [1.807, 2.05) is 13.2 Å². The van der Waals surface area contributed by atoms with Crippen LogP contribution in [0, 0.1) is 5.92 Å². The van der Waals surface area contributed by atoms with Crippen molar-refractivity contribution in [3.8, 4) is 11.4 Å². The van der Waals surface area contributed by atoms with Gasteiger partial charge in [0.1, 0.15) is 0 Å². The summed E-state index contributed by atoms with van der Waals surface area (Å²) in [7, 11) is 1.84. The van der Waals surface area contributed by atoms with Crippen molar-refractivity contribution in [2.75, 3.05) is 0 Å². The van der Waals surface area contributed by atoms with Gasteiger partial charge >= 0.3 is 0 Å². The molecule has 0 amide bonds. The van der Waals surface area contributed by atoms with E-state index in [4.69, 9.17) is 10.3 Å². The van der Waals surface area contributed by atoms with Crippen LogP contribution in [0.2, 0.25) is 0 Å². The lowest BCUT2D eigenvalue weighted by molar-refractivity contribution is 0.335. The largest absolute Gasteiger partial charge is 0.337 e. The maximum absolute atomic E-state index is 5.98. The van der Waals surface area contributed by atoms with Gasteiger partial charge in [0.2, 0.25) is 11.7 Å². The van der Waals surface area contributed by atoms with Crippen LogP contribution in [0.3, 0.4) is 0 Å². The topological polar surface area (TPSA) is 82.8 Å². The number of aryl methyl sites for hydroxylation is 1. The van der Waals surface area contributed by atoms with Gasteiger partial charge in [0.15, 0.2) is 0 Å². The molecule has 0 unspecified atom stereocenters. The summed E-state index contributed by atoms with van der Waals surface area (Å²) in [6.07, 6.45) is 4.36. The van der Waals surface area contributed by atoms with E-state index in [1.165, 1.54) is 0 Å². The summed E-state index contributed by atoms with van der Waals surface area (Å²) in [5, 5.41) is 7.97. The van der Waals surface area contributed by atoms with Crippen LogP contribution >= 0.6 is 0 Å². The molecular weight excluding hydrogens is 218 g/mol. The van der Waals surface area contributed by atoms with E-state index in [0.29, 0.717) is 17.6 Å². The van der Waals surface area contributed by atoms with Gasteiger partial charge < -0.3 is 10.3 Å². The average Bonchev–Trinajstić information content (AvgIpc) is 2.84. The third kappa shape index (κ3) is 2.71. The van der Waals surface area contributed by atoms with Gasteiger partial charge in [0.05, 0.1) is 17.8 Å². The van der Waals surface area contributed by atoms with Crippen LogP contribution in [-0.2, 0) is 7.05 Å². The first-order valence-corrected chi connectivity index (χ1v) is 5.64. The van der Waals surface area contributed by atoms with E-state index in [0.717, 1.165) is 12.0 Å². The molecule has 0 aliphatic heterocycles. The highest BCUT2D eigenvalue weighted by Crippen LogP contribution is 2.20. The zero-order chi connectivity index (χ0) is 12.4. The Morgan fingerprint density at radius 1 is 1.47 bits per heavy atom. The summed E-state index contributed by atoms with van der Waals surface area (Å²) >= 11 is 0. The molecule has 2 rings (SSSR count). The molecule has 0 saturated heterocycles. The van der Waals surface area contributed by atoms with Crippen molar-refractivity contribution in [1.82, 2.24) is 19.9 Å². The monoisotopic (exact) mass is 235 g/mol. The molecule has 1 atom stereocenters. The first-order chi connectivity index (χ1) is 8.06. The van der Waals surface area contributed by atoms with Crippen molar-refractivity contribution in [1.29, 1.82) is 0 Å². The van der Waals surface area contributed by atoms with Gasteiger partial charge in [-0.15, -0.1) is 0 Å². The van der Waals surface area contributed by atoms with Gasteiger partial charge in [0, 0.05) is 13.2 Å². The number of rotatable bonds is 4. The Hall–Kier alpha value is -1.69. The summed E-state index contributed by atoms with van der Waals surface area (Å²) in [5.41, 5.74) is 6.81. The Balaban J connectivity index is 2.15. The highest BCUT2D eigenvalue weighted by Gasteiger charge is 2.17. The summed E-state index contributed by atoms with van der Waals surface area (Å²) in [6, 6.07) is -0.201. The van der Waals surface area contributed by atoms with Crippen molar-refractivity contribution in [3.63, 3.8) is 0 Å². The second-order valence-corrected chi connectivity index (χ2v) is 4.59. The average molecular weight is 235 g/mol. The SMILES string of the molecule is CC(C)C[C@H](N)c1nc(-c2cnn(C)c2)no1. The Labute approximate surface area is 99.8 Å². The van der Waals surface area contributed by atoms with Crippen molar-refractivity contribution in [2.24, 2.45) is 18.7 Å². The maximum atomic E-state index is 5.98. The molecule has 0 aromatic carbocycles. The van der Waals surface area contributed by atoms with Crippen LogP contribution in [0.4, 0.5) is 0 Å². The van der Waals surface area contributed by atoms with E-state index >= 15 is 0 Å². The van der Waals surface area contributed by atoms with Crippen molar-refractivity contribution >= 4 is 0 Å². The van der Waals surface area contributed by atoms with E-state index in [9.17, 15) is 0 Å². The number of nitrogens with zero attached hydrogens (tertiary/aromatic N) is 4. The Bertz CT molecular complexity index is 488. The van der Waals surface area contributed by atoms with Crippen LogP contribution in [0.25, 0.3) is 11.4 Å². The molecule has 0 aliphatic rings. The molecule has 92 valence electrons. The predicted octanol–water partition coefficient (Wildman–Crippen LogP) is 1.52. The molecule has 6 heteroatoms. The normalized spacial score (nSPS) is 13.2. The molecule has 0 spiro atoms. The molecule has 6 nitrogen and oxygen atoms in total. The minimum Gasteiger partial charge on any atom is -0.337 e. The molecule has 17 heavy (non-hydrogen) atoms. The second-order valence-electron chi connectivity index (χ2n) is 4.59. The zero-order valence-electron chi connectivity index (χ0n) is 10.3. The predicted molar refractivity (Wildman–Crippen MR) is 62.9 cm³/mol. The van der Waals surface area contributed by atoms with Crippen LogP contribution in [0.1, 0.15) is 32.2 Å². The van der Waals surface area contributed by atoms with Gasteiger partial charge in [-0.3, -0.25) is 4.68 Å². The van der Waals surface area contributed by atoms with Gasteiger partial charge in [-0.25, -0.2) is 0 Å². The fraction of sp³-hybridized carbons (Fsp3) is 0.545. The number of aromatic nitrogens is 4. The van der Waals surface area contributed by atoms with E-state index in [1.54, 1.807) is 10.9 Å². The van der Waals surface area contributed by atoms with E-state index in [-0.39, 0.29) is 6.04 Å². The smallest absolute Gasteiger partial charge is 0.243 e. The lowest BCUT2D eigenvalue weighted by Crippen LogP contribution is -2.13. The molecule has 2 aromatic rings. The summed E-state index contributed by atoms with van der Waals surface area (Å²) in [5.74, 6) is 1.52. The standard InChI is InChI=1S/C11H17N5O/c1-7(2)4-9(12)11-14-10(15-17-11)8-5-13-16(3)6-8/h5-7,9H,4,12H2,1-3H3/t9-/m0/s1. The molecule has 0 saturated carbocycles. The quantitative estimate of drug-likeness (QED) is 0.868. The van der Waals surface area contributed by atoms with Crippen LogP contribution in [0.5, 0.6) is 0 Å². The first kappa shape index (κ1) is 11.8. The Kier molecular flexibility index (Phi) is 3.23. The lowest BCUT2D eigenvalue weighted by Gasteiger charge is -2.08. The molecule has 0 radical (unpaired) electrons. The fourth-order valence-corrected chi connectivity index (χ4v) is 1.65. The third-order valence-corrected chi connectivity index (χ3v) is 2.45. The molecule has 2 heterocycles. The molecule has 2 N–H and O–H groups in total. The maximum Gasteiger partial charge on any atom is 0.243 e. The Morgan fingerprint density at radius 2 is 2.24 bits per heavy atom. The molecule has 2 aromatic heterocycles. The van der Waals surface area contributed by atoms with Crippen molar-refractivity contribution in [3.05, 3.63) is 18.3 Å². The molecular formula is C11H17N5O. The second kappa shape index (κ2) is 4.67. The van der Waals surface area contributed by atoms with Crippen LogP contribution in [-0.4, -0.2) is 19.9 Å². The van der Waals surface area contributed by atoms with Crippen LogP contribution < -0.4 is 5.73 Å². The van der Waals surface area contributed by atoms with Crippen molar-refractivity contribution in [2.45, 2.75) is 26.3 Å². The minimum atomic E-state index is -0.201. The summed E-state index contributed by atoms with van der Waals surface area (Å²) in [6.45, 7) is 4.22. The number of nitrogens with two attached hydrogens (primary N) is 1. The summed E-state index contributed by atoms with van der Waals surface area (Å²) < 4.78 is 6.86. The van der Waals surface area contributed by atoms with Gasteiger partial charge in [-0.1, -0.05) is 19.0 Å². The highest BCUT2D eigenvalue weighted by atomic mass is 16.5. The minimum absolute atomic E-state index is 0.201. The van der Waals surface area contributed by atoms with Gasteiger partial charge in [0.25, 0.3) is 0 Å². The van der Waals surface area contributed by atoms with Crippen molar-refractivity contribution < 1.29 is 4.52 Å². The van der Waals surface area contributed by atoms with E-state index < -0.39 is 0 Å². The van der Waals surface area contributed by atoms with Gasteiger partial charge in [-0.05, 0) is 12.3 Å². The highest BCUT2D eigenvalue weighted by molar-refractivity contribution is 5.51. The lowest BCUT2D eigenvalue weighted by atomic mass is 10.0. The van der Waals surface area contributed by atoms with E-state index in [2.05, 4.69) is 29.1 Å². The van der Waals surface area contributed by atoms with Gasteiger partial charge in [-0.2, -0.15) is 10.1 Å². The third-order valence-electron chi connectivity index (χ3n) is 2.45. The molecule has 0 bridgehead atoms. The number of hydrogen-bond donors (Lipinski definition) is 1. The number of hydrogen-bond acceptors (Lipinski definition) is 5. The zero-order valence-corrected chi connectivity index (χ0v) is 10.3. The molecule has 0 aliphatic carbocycles. The van der Waals surface area contributed by atoms with Crippen LogP contribution in [0.15, 0.2) is 16.9 Å². The Morgan fingerprint density at radius 3 is 2.82 bits per heavy atom. The fourth-order valence-electron chi connectivity index (χ4n) is 1.65.